The fourth-order valence-corrected chi connectivity index (χ4v) is 4.87. The summed E-state index contributed by atoms with van der Waals surface area (Å²) in [5.41, 5.74) is 6.71. The number of sulfonamides is 1. The SMILES string of the molecule is CCn1c(C(=O)NS(=O)(=O)c2cccc(N)c2)c(-c2ccc[nH]c2=O)c2cc(Cl)ccc21. The molecule has 0 spiro atoms. The number of H-pyrrole nitrogens is 1. The predicted octanol–water partition coefficient (Wildman–Crippen LogP) is 3.37. The van der Waals surface area contributed by atoms with E-state index in [0.29, 0.717) is 28.0 Å². The summed E-state index contributed by atoms with van der Waals surface area (Å²) in [6, 6.07) is 13.9. The van der Waals surface area contributed by atoms with Gasteiger partial charge in [-0.2, -0.15) is 0 Å². The smallest absolute Gasteiger partial charge is 0.282 e. The molecule has 164 valence electrons. The van der Waals surface area contributed by atoms with E-state index in [9.17, 15) is 18.0 Å². The van der Waals surface area contributed by atoms with Crippen molar-refractivity contribution in [2.24, 2.45) is 0 Å². The highest BCUT2D eigenvalue weighted by atomic mass is 35.5. The van der Waals surface area contributed by atoms with Crippen molar-refractivity contribution in [3.63, 3.8) is 0 Å². The molecule has 0 saturated heterocycles. The zero-order chi connectivity index (χ0) is 23.0. The highest BCUT2D eigenvalue weighted by Crippen LogP contribution is 2.35. The first-order valence-electron chi connectivity index (χ1n) is 9.65. The third kappa shape index (κ3) is 3.76. The lowest BCUT2D eigenvalue weighted by Crippen LogP contribution is -2.32. The molecule has 32 heavy (non-hydrogen) atoms. The van der Waals surface area contributed by atoms with E-state index in [-0.39, 0.29) is 21.8 Å². The van der Waals surface area contributed by atoms with Gasteiger partial charge in [-0.25, -0.2) is 13.1 Å². The quantitative estimate of drug-likeness (QED) is 0.385. The molecule has 0 unspecified atom stereocenters. The van der Waals surface area contributed by atoms with Crippen molar-refractivity contribution in [1.29, 1.82) is 0 Å². The molecule has 0 bridgehead atoms. The zero-order valence-corrected chi connectivity index (χ0v) is 18.5. The molecule has 2 heterocycles. The Labute approximate surface area is 188 Å². The molecule has 0 aliphatic rings. The maximum atomic E-state index is 13.4. The van der Waals surface area contributed by atoms with Gasteiger partial charge >= 0.3 is 0 Å². The summed E-state index contributed by atoms with van der Waals surface area (Å²) in [5, 5.41) is 0.973. The molecule has 2 aromatic carbocycles. The number of rotatable bonds is 5. The van der Waals surface area contributed by atoms with Crippen molar-refractivity contribution >= 4 is 44.1 Å². The molecule has 4 rings (SSSR count). The average molecular weight is 471 g/mol. The van der Waals surface area contributed by atoms with E-state index in [1.807, 2.05) is 6.92 Å². The van der Waals surface area contributed by atoms with Crippen LogP contribution in [0.25, 0.3) is 22.0 Å². The van der Waals surface area contributed by atoms with Crippen LogP contribution < -0.4 is 16.0 Å². The van der Waals surface area contributed by atoms with E-state index < -0.39 is 21.5 Å². The van der Waals surface area contributed by atoms with Gasteiger partial charge in [0.1, 0.15) is 5.69 Å². The summed E-state index contributed by atoms with van der Waals surface area (Å²) in [6.45, 7) is 2.17. The van der Waals surface area contributed by atoms with Crippen LogP contribution in [0.1, 0.15) is 17.4 Å². The second-order valence-corrected chi connectivity index (χ2v) is 9.17. The molecule has 2 aromatic heterocycles. The first kappa shape index (κ1) is 21.7. The van der Waals surface area contributed by atoms with Crippen LogP contribution in [0, 0.1) is 0 Å². The van der Waals surface area contributed by atoms with Gasteiger partial charge in [0.05, 0.1) is 4.90 Å². The average Bonchev–Trinajstić information content (AvgIpc) is 3.07. The second kappa shape index (κ2) is 8.18. The van der Waals surface area contributed by atoms with Crippen molar-refractivity contribution in [3.8, 4) is 11.1 Å². The number of nitrogens with one attached hydrogen (secondary N) is 2. The number of fused-ring (bicyclic) bond motifs is 1. The standard InChI is InChI=1S/C22H19ClN4O4S/c1-2-27-18-9-8-13(23)11-17(18)19(16-7-4-10-25-21(16)28)20(27)22(29)26-32(30,31)15-6-3-5-14(24)12-15/h3-12H,2,24H2,1H3,(H,25,28)(H,26,29). The number of hydrogen-bond acceptors (Lipinski definition) is 5. The number of aromatic nitrogens is 2. The fraction of sp³-hybridized carbons (Fsp3) is 0.0909. The molecule has 0 fully saturated rings. The van der Waals surface area contributed by atoms with E-state index in [4.69, 9.17) is 17.3 Å². The van der Waals surface area contributed by atoms with Gasteiger partial charge in [-0.1, -0.05) is 17.7 Å². The highest BCUT2D eigenvalue weighted by Gasteiger charge is 2.28. The van der Waals surface area contributed by atoms with Gasteiger partial charge in [-0.15, -0.1) is 0 Å². The van der Waals surface area contributed by atoms with Crippen LogP contribution in [0.2, 0.25) is 5.02 Å². The molecule has 0 saturated carbocycles. The number of carbonyl (C=O) groups is 1. The summed E-state index contributed by atoms with van der Waals surface area (Å²) >= 11 is 6.20. The molecule has 1 amide bonds. The molecule has 10 heteroatoms. The van der Waals surface area contributed by atoms with E-state index in [2.05, 4.69) is 9.71 Å². The first-order valence-corrected chi connectivity index (χ1v) is 11.5. The molecule has 0 radical (unpaired) electrons. The van der Waals surface area contributed by atoms with Crippen molar-refractivity contribution in [1.82, 2.24) is 14.3 Å². The number of aromatic amines is 1. The highest BCUT2D eigenvalue weighted by molar-refractivity contribution is 7.90. The number of nitrogens with zero attached hydrogens (tertiary/aromatic N) is 1. The topological polar surface area (TPSA) is 127 Å². The maximum Gasteiger partial charge on any atom is 0.282 e. The summed E-state index contributed by atoms with van der Waals surface area (Å²) < 4.78 is 29.5. The van der Waals surface area contributed by atoms with Crippen LogP contribution in [0.15, 0.2) is 70.5 Å². The van der Waals surface area contributed by atoms with E-state index in [1.54, 1.807) is 41.0 Å². The summed E-state index contributed by atoms with van der Waals surface area (Å²) in [5.74, 6) is -0.875. The largest absolute Gasteiger partial charge is 0.399 e. The Balaban J connectivity index is 1.96. The Hall–Kier alpha value is -3.56. The number of halogens is 1. The molecule has 0 aliphatic carbocycles. The third-order valence-electron chi connectivity index (χ3n) is 5.04. The van der Waals surface area contributed by atoms with Crippen LogP contribution in [0.3, 0.4) is 0 Å². The zero-order valence-electron chi connectivity index (χ0n) is 16.9. The van der Waals surface area contributed by atoms with Gasteiger partial charge in [-0.05, 0) is 55.5 Å². The fourth-order valence-electron chi connectivity index (χ4n) is 3.69. The van der Waals surface area contributed by atoms with Crippen molar-refractivity contribution < 1.29 is 13.2 Å². The van der Waals surface area contributed by atoms with Crippen LogP contribution in [-0.4, -0.2) is 23.9 Å². The van der Waals surface area contributed by atoms with E-state index >= 15 is 0 Å². The molecular formula is C22H19ClN4O4S. The monoisotopic (exact) mass is 470 g/mol. The Morgan fingerprint density at radius 3 is 2.62 bits per heavy atom. The van der Waals surface area contributed by atoms with Gasteiger partial charge in [0.15, 0.2) is 0 Å². The third-order valence-corrected chi connectivity index (χ3v) is 6.60. The van der Waals surface area contributed by atoms with E-state index in [0.717, 1.165) is 0 Å². The van der Waals surface area contributed by atoms with Crippen molar-refractivity contribution in [2.45, 2.75) is 18.4 Å². The number of nitrogen functional groups attached to an aromatic ring is 1. The molecule has 0 aliphatic heterocycles. The summed E-state index contributed by atoms with van der Waals surface area (Å²) in [4.78, 5) is 28.4. The minimum absolute atomic E-state index is 0.0361. The van der Waals surface area contributed by atoms with Crippen molar-refractivity contribution in [2.75, 3.05) is 5.73 Å². The predicted molar refractivity (Wildman–Crippen MR) is 124 cm³/mol. The van der Waals surface area contributed by atoms with Crippen LogP contribution >= 0.6 is 11.6 Å². The number of hydrogen-bond donors (Lipinski definition) is 3. The van der Waals surface area contributed by atoms with Crippen molar-refractivity contribution in [3.05, 3.63) is 81.9 Å². The lowest BCUT2D eigenvalue weighted by molar-refractivity contribution is 0.0973. The lowest BCUT2D eigenvalue weighted by Gasteiger charge is -2.12. The van der Waals surface area contributed by atoms with Gasteiger partial charge in [0.25, 0.3) is 21.5 Å². The van der Waals surface area contributed by atoms with Gasteiger partial charge in [0, 0.05) is 45.5 Å². The van der Waals surface area contributed by atoms with Gasteiger partial charge in [0.2, 0.25) is 0 Å². The molecule has 4 N–H and O–H groups in total. The number of carbonyl (C=O) groups excluding carboxylic acids is 1. The number of benzene rings is 2. The number of anilines is 1. The number of pyridine rings is 1. The normalized spacial score (nSPS) is 11.6. The van der Waals surface area contributed by atoms with Crippen LogP contribution in [-0.2, 0) is 16.6 Å². The second-order valence-electron chi connectivity index (χ2n) is 7.05. The molecule has 8 nitrogen and oxygen atoms in total. The molecule has 0 atom stereocenters. The minimum Gasteiger partial charge on any atom is -0.399 e. The Bertz CT molecular complexity index is 1520. The van der Waals surface area contributed by atoms with Gasteiger partial charge < -0.3 is 15.3 Å². The Morgan fingerprint density at radius 1 is 1.16 bits per heavy atom. The van der Waals surface area contributed by atoms with E-state index in [1.165, 1.54) is 24.4 Å². The maximum absolute atomic E-state index is 13.4. The Morgan fingerprint density at radius 2 is 1.94 bits per heavy atom. The lowest BCUT2D eigenvalue weighted by atomic mass is 10.0. The first-order chi connectivity index (χ1) is 15.2. The minimum atomic E-state index is -4.21. The van der Waals surface area contributed by atoms with Gasteiger partial charge in [-0.3, -0.25) is 9.59 Å². The number of nitrogens with two attached hydrogens (primary N) is 1. The molecule has 4 aromatic rings. The summed E-state index contributed by atoms with van der Waals surface area (Å²) in [6.07, 6.45) is 1.47. The number of amides is 1. The van der Waals surface area contributed by atoms with Crippen LogP contribution in [0.4, 0.5) is 5.69 Å². The van der Waals surface area contributed by atoms with Crippen LogP contribution in [0.5, 0.6) is 0 Å². The Kier molecular flexibility index (Phi) is 5.53. The number of aryl methyl sites for hydroxylation is 1. The summed E-state index contributed by atoms with van der Waals surface area (Å²) in [7, 11) is -4.21. The molecular weight excluding hydrogens is 452 g/mol.